The zero-order chi connectivity index (χ0) is 24.6. The Hall–Kier alpha value is -4.60. The van der Waals surface area contributed by atoms with Crippen molar-refractivity contribution in [2.75, 3.05) is 0 Å². The van der Waals surface area contributed by atoms with Gasteiger partial charge in [-0.3, -0.25) is 0 Å². The van der Waals surface area contributed by atoms with E-state index in [2.05, 4.69) is 133 Å². The lowest BCUT2D eigenvalue weighted by atomic mass is 9.97. The van der Waals surface area contributed by atoms with E-state index in [0.717, 1.165) is 55.8 Å². The van der Waals surface area contributed by atoms with Gasteiger partial charge in [-0.25, -0.2) is 9.97 Å². The molecule has 3 heteroatoms. The van der Waals surface area contributed by atoms with E-state index < -0.39 is 0 Å². The molecule has 0 spiro atoms. The molecule has 2 nitrogen and oxygen atoms in total. The summed E-state index contributed by atoms with van der Waals surface area (Å²) < 4.78 is 2.35. The van der Waals surface area contributed by atoms with Crippen molar-refractivity contribution < 1.29 is 0 Å². The molecule has 174 valence electrons. The first-order valence-corrected chi connectivity index (χ1v) is 13.1. The van der Waals surface area contributed by atoms with Crippen LogP contribution >= 0.6 is 11.3 Å². The van der Waals surface area contributed by atoms with Crippen LogP contribution in [0.1, 0.15) is 22.8 Å². The number of aromatic nitrogens is 2. The van der Waals surface area contributed by atoms with Gasteiger partial charge in [-0.15, -0.1) is 11.3 Å². The Morgan fingerprint density at radius 1 is 0.432 bits per heavy atom. The fourth-order valence-electron chi connectivity index (χ4n) is 4.95. The summed E-state index contributed by atoms with van der Waals surface area (Å²) in [4.78, 5) is 10.1. The van der Waals surface area contributed by atoms with Crippen molar-refractivity contribution in [3.8, 4) is 22.3 Å². The van der Waals surface area contributed by atoms with Gasteiger partial charge in [-0.2, -0.15) is 0 Å². The Labute approximate surface area is 219 Å². The van der Waals surface area contributed by atoms with Crippen LogP contribution in [0.15, 0.2) is 109 Å². The minimum Gasteiger partial charge on any atom is -0.248 e. The van der Waals surface area contributed by atoms with Crippen LogP contribution in [0, 0.1) is 0 Å². The van der Waals surface area contributed by atoms with Crippen LogP contribution in [-0.2, 0) is 0 Å². The second-order valence-electron chi connectivity index (χ2n) is 9.10. The molecule has 0 unspecified atom stereocenters. The first-order valence-electron chi connectivity index (χ1n) is 12.3. The highest BCUT2D eigenvalue weighted by molar-refractivity contribution is 7.23. The average Bonchev–Trinajstić information content (AvgIpc) is 3.69. The van der Waals surface area contributed by atoms with E-state index >= 15 is 0 Å². The van der Waals surface area contributed by atoms with Gasteiger partial charge < -0.3 is 0 Å². The van der Waals surface area contributed by atoms with Crippen LogP contribution in [-0.4, -0.2) is 9.97 Å². The van der Waals surface area contributed by atoms with E-state index in [9.17, 15) is 0 Å². The second-order valence-corrected chi connectivity index (χ2v) is 10.2. The normalized spacial score (nSPS) is 12.1. The quantitative estimate of drug-likeness (QED) is 0.241. The molecule has 0 atom stereocenters. The number of fused-ring (bicyclic) bond motifs is 2. The Morgan fingerprint density at radius 2 is 0.865 bits per heavy atom. The third-order valence-corrected chi connectivity index (χ3v) is 7.63. The molecular formula is C34H22N2S. The maximum atomic E-state index is 5.03. The number of nitrogens with zero attached hydrogens (tertiary/aromatic N) is 2. The van der Waals surface area contributed by atoms with Crippen LogP contribution in [0.2, 0.25) is 0 Å². The lowest BCUT2D eigenvalue weighted by Gasteiger charge is -2.08. The van der Waals surface area contributed by atoms with Crippen LogP contribution in [0.3, 0.4) is 0 Å². The third-order valence-electron chi connectivity index (χ3n) is 6.65. The number of hydrogen-bond acceptors (Lipinski definition) is 3. The fourth-order valence-corrected chi connectivity index (χ4v) is 5.85. The number of rotatable bonds is 2. The van der Waals surface area contributed by atoms with E-state index in [-0.39, 0.29) is 0 Å². The monoisotopic (exact) mass is 490 g/mol. The predicted octanol–water partition coefficient (Wildman–Crippen LogP) is 9.39. The zero-order valence-corrected chi connectivity index (χ0v) is 20.8. The van der Waals surface area contributed by atoms with Crippen molar-refractivity contribution >= 4 is 55.8 Å². The van der Waals surface area contributed by atoms with Gasteiger partial charge in [0.1, 0.15) is 0 Å². The molecule has 0 aliphatic carbocycles. The Balaban J connectivity index is 1.61. The highest BCUT2D eigenvalue weighted by atomic mass is 32.1. The molecule has 2 aliphatic rings. The van der Waals surface area contributed by atoms with E-state index in [1.165, 1.54) is 9.40 Å². The Bertz CT molecular complexity index is 1710. The summed E-state index contributed by atoms with van der Waals surface area (Å²) in [5, 5.41) is 2.28. The summed E-state index contributed by atoms with van der Waals surface area (Å²) in [5.41, 5.74) is 8.45. The SMILES string of the molecule is C1=Cc2nc1cc1ccc(cc3nc(c(-c4ccccc4)c4ccc(cc4)c2-c2ccccc2)C=C3)s1. The summed E-state index contributed by atoms with van der Waals surface area (Å²) in [6, 6.07) is 38.5. The largest absolute Gasteiger partial charge is 0.248 e. The molecule has 0 radical (unpaired) electrons. The van der Waals surface area contributed by atoms with Gasteiger partial charge in [-0.05, 0) is 70.5 Å². The first kappa shape index (κ1) is 21.7. The molecule has 2 aliphatic heterocycles. The summed E-state index contributed by atoms with van der Waals surface area (Å²) in [5.74, 6) is 0. The van der Waals surface area contributed by atoms with Gasteiger partial charge in [0.25, 0.3) is 0 Å². The van der Waals surface area contributed by atoms with Crippen molar-refractivity contribution in [2.24, 2.45) is 0 Å². The molecule has 5 heterocycles. The molecule has 0 amide bonds. The molecule has 0 saturated carbocycles. The Kier molecular flexibility index (Phi) is 5.34. The second kappa shape index (κ2) is 9.12. The van der Waals surface area contributed by atoms with Gasteiger partial charge >= 0.3 is 0 Å². The van der Waals surface area contributed by atoms with Crippen LogP contribution in [0.5, 0.6) is 0 Å². The molecule has 3 aromatic heterocycles. The van der Waals surface area contributed by atoms with E-state index in [0.29, 0.717) is 0 Å². The molecule has 6 aromatic rings. The highest BCUT2D eigenvalue weighted by Gasteiger charge is 2.12. The van der Waals surface area contributed by atoms with Crippen molar-refractivity contribution in [3.63, 3.8) is 0 Å². The van der Waals surface area contributed by atoms with Crippen LogP contribution in [0.25, 0.3) is 66.7 Å². The first-order chi connectivity index (χ1) is 18.3. The van der Waals surface area contributed by atoms with Crippen molar-refractivity contribution in [2.45, 2.75) is 0 Å². The van der Waals surface area contributed by atoms with E-state index in [1.807, 2.05) is 0 Å². The molecule has 0 saturated heterocycles. The van der Waals surface area contributed by atoms with Gasteiger partial charge in [0.2, 0.25) is 0 Å². The fraction of sp³-hybridized carbons (Fsp3) is 0. The van der Waals surface area contributed by atoms with Crippen molar-refractivity contribution in [1.29, 1.82) is 0 Å². The Morgan fingerprint density at radius 3 is 1.30 bits per heavy atom. The van der Waals surface area contributed by atoms with Gasteiger partial charge in [-0.1, -0.05) is 84.9 Å². The minimum absolute atomic E-state index is 0.964. The summed E-state index contributed by atoms with van der Waals surface area (Å²) in [7, 11) is 0. The number of benzene rings is 3. The average molecular weight is 491 g/mol. The van der Waals surface area contributed by atoms with Crippen molar-refractivity contribution in [1.82, 2.24) is 9.97 Å². The highest BCUT2D eigenvalue weighted by Crippen LogP contribution is 2.34. The van der Waals surface area contributed by atoms with Crippen molar-refractivity contribution in [3.05, 3.63) is 132 Å². The number of thiophene rings is 1. The van der Waals surface area contributed by atoms with E-state index in [4.69, 9.17) is 9.97 Å². The minimum atomic E-state index is 0.964. The van der Waals surface area contributed by atoms with Crippen LogP contribution in [0.4, 0.5) is 0 Å². The molecule has 8 bridgehead atoms. The predicted molar refractivity (Wildman–Crippen MR) is 159 cm³/mol. The molecule has 0 fully saturated rings. The summed E-state index contributed by atoms with van der Waals surface area (Å²) >= 11 is 1.75. The zero-order valence-electron chi connectivity index (χ0n) is 20.0. The maximum absolute atomic E-state index is 5.03. The topological polar surface area (TPSA) is 25.8 Å². The molecular weight excluding hydrogens is 468 g/mol. The van der Waals surface area contributed by atoms with Gasteiger partial charge in [0.15, 0.2) is 0 Å². The summed E-state index contributed by atoms with van der Waals surface area (Å²) in [6.07, 6.45) is 8.46. The van der Waals surface area contributed by atoms with Crippen LogP contribution < -0.4 is 0 Å². The summed E-state index contributed by atoms with van der Waals surface area (Å²) in [6.45, 7) is 0. The number of hydrogen-bond donors (Lipinski definition) is 0. The lowest BCUT2D eigenvalue weighted by Crippen LogP contribution is -1.86. The molecule has 8 rings (SSSR count). The van der Waals surface area contributed by atoms with E-state index in [1.54, 1.807) is 11.3 Å². The standard InChI is InChI=1S/C34H22N2S/c1-3-7-23(8-4-1)33-25-11-13-26(14-12-25)34(24-9-5-2-6-10-24)32-20-16-28(36-32)22-30-18-17-29(37-30)21-27-15-19-31(33)35-27/h1-22H. The molecule has 0 N–H and O–H groups in total. The van der Waals surface area contributed by atoms with Gasteiger partial charge in [0, 0.05) is 20.5 Å². The maximum Gasteiger partial charge on any atom is 0.0722 e. The molecule has 37 heavy (non-hydrogen) atoms. The lowest BCUT2D eigenvalue weighted by molar-refractivity contribution is 1.33. The smallest absolute Gasteiger partial charge is 0.0722 e. The molecule has 3 aromatic carbocycles. The van der Waals surface area contributed by atoms with Gasteiger partial charge in [0.05, 0.1) is 22.8 Å². The third kappa shape index (κ3) is 4.20.